The summed E-state index contributed by atoms with van der Waals surface area (Å²) in [6, 6.07) is 5.43. The molecule has 0 saturated carbocycles. The van der Waals surface area contributed by atoms with Crippen molar-refractivity contribution in [2.75, 3.05) is 19.7 Å². The van der Waals surface area contributed by atoms with Gasteiger partial charge in [0, 0.05) is 24.7 Å². The Hall–Kier alpha value is -1.60. The molecule has 1 N–H and O–H groups in total. The van der Waals surface area contributed by atoms with Gasteiger partial charge in [-0.25, -0.2) is 4.98 Å². The normalized spacial score (nSPS) is 20.1. The van der Waals surface area contributed by atoms with Crippen LogP contribution in [0.5, 0.6) is 5.88 Å². The van der Waals surface area contributed by atoms with Crippen LogP contribution in [0.15, 0.2) is 18.3 Å². The van der Waals surface area contributed by atoms with Crippen molar-refractivity contribution in [1.82, 2.24) is 10.3 Å². The molecule has 0 aliphatic carbocycles. The van der Waals surface area contributed by atoms with E-state index in [4.69, 9.17) is 10.00 Å². The fourth-order valence-corrected chi connectivity index (χ4v) is 1.83. The van der Waals surface area contributed by atoms with Gasteiger partial charge in [-0.2, -0.15) is 5.26 Å². The number of nitrogens with one attached hydrogen (secondary N) is 1. The Morgan fingerprint density at radius 3 is 3.31 bits per heavy atom. The summed E-state index contributed by atoms with van der Waals surface area (Å²) in [5.41, 5.74) is 0.590. The highest BCUT2D eigenvalue weighted by Gasteiger charge is 2.13. The van der Waals surface area contributed by atoms with E-state index >= 15 is 0 Å². The Morgan fingerprint density at radius 1 is 1.62 bits per heavy atom. The zero-order chi connectivity index (χ0) is 11.2. The Kier molecular flexibility index (Phi) is 3.73. The Labute approximate surface area is 95.3 Å². The van der Waals surface area contributed by atoms with Crippen molar-refractivity contribution in [3.8, 4) is 11.9 Å². The van der Waals surface area contributed by atoms with E-state index < -0.39 is 0 Å². The quantitative estimate of drug-likeness (QED) is 0.829. The largest absolute Gasteiger partial charge is 0.477 e. The number of hydrogen-bond donors (Lipinski definition) is 1. The third-order valence-electron chi connectivity index (χ3n) is 2.73. The lowest BCUT2D eigenvalue weighted by Crippen LogP contribution is -2.33. The zero-order valence-electron chi connectivity index (χ0n) is 9.15. The lowest BCUT2D eigenvalue weighted by molar-refractivity contribution is 0.212. The van der Waals surface area contributed by atoms with E-state index in [-0.39, 0.29) is 0 Å². The van der Waals surface area contributed by atoms with E-state index in [2.05, 4.69) is 16.4 Å². The van der Waals surface area contributed by atoms with Gasteiger partial charge in [0.15, 0.2) is 0 Å². The number of rotatable bonds is 3. The van der Waals surface area contributed by atoms with Crippen LogP contribution in [0.25, 0.3) is 0 Å². The van der Waals surface area contributed by atoms with Gasteiger partial charge in [0.25, 0.3) is 0 Å². The fourth-order valence-electron chi connectivity index (χ4n) is 1.83. The molecule has 1 saturated heterocycles. The molecule has 1 unspecified atom stereocenters. The molecule has 4 heteroatoms. The van der Waals surface area contributed by atoms with Gasteiger partial charge in [-0.3, -0.25) is 0 Å². The Balaban J connectivity index is 1.86. The van der Waals surface area contributed by atoms with Crippen molar-refractivity contribution < 1.29 is 4.74 Å². The molecule has 16 heavy (non-hydrogen) atoms. The van der Waals surface area contributed by atoms with Gasteiger partial charge in [-0.1, -0.05) is 0 Å². The average molecular weight is 217 g/mol. The summed E-state index contributed by atoms with van der Waals surface area (Å²) in [7, 11) is 0. The summed E-state index contributed by atoms with van der Waals surface area (Å²) in [6.45, 7) is 2.80. The second-order valence-corrected chi connectivity index (χ2v) is 4.02. The van der Waals surface area contributed by atoms with Crippen molar-refractivity contribution in [2.24, 2.45) is 5.92 Å². The lowest BCUT2D eigenvalue weighted by Gasteiger charge is -2.22. The van der Waals surface area contributed by atoms with E-state index in [1.165, 1.54) is 12.8 Å². The van der Waals surface area contributed by atoms with Crippen LogP contribution in [-0.2, 0) is 0 Å². The lowest BCUT2D eigenvalue weighted by atomic mass is 10.0. The molecule has 84 valence electrons. The van der Waals surface area contributed by atoms with Gasteiger partial charge < -0.3 is 10.1 Å². The monoisotopic (exact) mass is 217 g/mol. The van der Waals surface area contributed by atoms with Crippen LogP contribution in [0, 0.1) is 17.2 Å². The summed E-state index contributed by atoms with van der Waals surface area (Å²) in [6.07, 6.45) is 4.01. The minimum atomic E-state index is 0.546. The molecule has 1 fully saturated rings. The molecule has 1 aromatic rings. The van der Waals surface area contributed by atoms with Gasteiger partial charge in [-0.05, 0) is 25.5 Å². The average Bonchev–Trinajstić information content (AvgIpc) is 2.38. The second kappa shape index (κ2) is 5.47. The first-order valence-electron chi connectivity index (χ1n) is 5.58. The zero-order valence-corrected chi connectivity index (χ0v) is 9.15. The number of nitriles is 1. The van der Waals surface area contributed by atoms with E-state index in [9.17, 15) is 0 Å². The van der Waals surface area contributed by atoms with Gasteiger partial charge in [0.1, 0.15) is 0 Å². The molecule has 0 aromatic carbocycles. The van der Waals surface area contributed by atoms with E-state index in [0.717, 1.165) is 13.1 Å². The SMILES string of the molecule is N#Cc1ccnc(OCC2CCCNC2)c1. The van der Waals surface area contributed by atoms with Crippen molar-refractivity contribution in [2.45, 2.75) is 12.8 Å². The molecule has 0 radical (unpaired) electrons. The molecule has 2 rings (SSSR count). The smallest absolute Gasteiger partial charge is 0.214 e. The topological polar surface area (TPSA) is 57.9 Å². The van der Waals surface area contributed by atoms with Crippen molar-refractivity contribution >= 4 is 0 Å². The molecular formula is C12H15N3O. The number of ether oxygens (including phenoxy) is 1. The van der Waals surface area contributed by atoms with Gasteiger partial charge >= 0.3 is 0 Å². The fraction of sp³-hybridized carbons (Fsp3) is 0.500. The van der Waals surface area contributed by atoms with Crippen LogP contribution in [0.2, 0.25) is 0 Å². The maximum Gasteiger partial charge on any atom is 0.214 e. The molecule has 1 aliphatic heterocycles. The second-order valence-electron chi connectivity index (χ2n) is 4.02. The van der Waals surface area contributed by atoms with Crippen molar-refractivity contribution in [1.29, 1.82) is 5.26 Å². The molecule has 1 aromatic heterocycles. The summed E-state index contributed by atoms with van der Waals surface area (Å²) in [5.74, 6) is 1.10. The van der Waals surface area contributed by atoms with E-state index in [1.54, 1.807) is 18.3 Å². The van der Waals surface area contributed by atoms with Crippen LogP contribution in [0.1, 0.15) is 18.4 Å². The summed E-state index contributed by atoms with van der Waals surface area (Å²) in [4.78, 5) is 4.08. The number of aromatic nitrogens is 1. The van der Waals surface area contributed by atoms with Gasteiger partial charge in [0.2, 0.25) is 5.88 Å². The van der Waals surface area contributed by atoms with Gasteiger partial charge in [-0.15, -0.1) is 0 Å². The van der Waals surface area contributed by atoms with Crippen LogP contribution >= 0.6 is 0 Å². The van der Waals surface area contributed by atoms with Crippen LogP contribution in [-0.4, -0.2) is 24.7 Å². The van der Waals surface area contributed by atoms with Crippen LogP contribution < -0.4 is 10.1 Å². The number of piperidine rings is 1. The maximum absolute atomic E-state index is 8.74. The minimum Gasteiger partial charge on any atom is -0.477 e. The van der Waals surface area contributed by atoms with Crippen LogP contribution in [0.4, 0.5) is 0 Å². The summed E-state index contributed by atoms with van der Waals surface area (Å²) < 4.78 is 5.59. The maximum atomic E-state index is 8.74. The first-order valence-corrected chi connectivity index (χ1v) is 5.58. The first-order chi connectivity index (χ1) is 7.88. The van der Waals surface area contributed by atoms with E-state index in [0.29, 0.717) is 24.0 Å². The Bertz CT molecular complexity index is 380. The highest BCUT2D eigenvalue weighted by Crippen LogP contribution is 2.13. The molecule has 2 heterocycles. The third kappa shape index (κ3) is 2.94. The predicted molar refractivity (Wildman–Crippen MR) is 60.0 cm³/mol. The van der Waals surface area contributed by atoms with Crippen molar-refractivity contribution in [3.05, 3.63) is 23.9 Å². The Morgan fingerprint density at radius 2 is 2.56 bits per heavy atom. The molecular weight excluding hydrogens is 202 g/mol. The molecule has 0 amide bonds. The van der Waals surface area contributed by atoms with Crippen molar-refractivity contribution in [3.63, 3.8) is 0 Å². The number of nitrogens with zero attached hydrogens (tertiary/aromatic N) is 2. The number of hydrogen-bond acceptors (Lipinski definition) is 4. The summed E-state index contributed by atoms with van der Waals surface area (Å²) in [5, 5.41) is 12.1. The highest BCUT2D eigenvalue weighted by molar-refractivity contribution is 5.31. The molecule has 4 nitrogen and oxygen atoms in total. The van der Waals surface area contributed by atoms with Gasteiger partial charge in [0.05, 0.1) is 18.2 Å². The van der Waals surface area contributed by atoms with E-state index in [1.807, 2.05) is 0 Å². The first kappa shape index (κ1) is 10.9. The summed E-state index contributed by atoms with van der Waals surface area (Å²) >= 11 is 0. The van der Waals surface area contributed by atoms with Crippen LogP contribution in [0.3, 0.4) is 0 Å². The minimum absolute atomic E-state index is 0.546. The number of pyridine rings is 1. The molecule has 1 atom stereocenters. The predicted octanol–water partition coefficient (Wildman–Crippen LogP) is 1.33. The highest BCUT2D eigenvalue weighted by atomic mass is 16.5. The molecule has 0 spiro atoms. The molecule has 1 aliphatic rings. The standard InChI is InChI=1S/C12H15N3O/c13-7-10-3-5-15-12(6-10)16-9-11-2-1-4-14-8-11/h3,5-6,11,14H,1-2,4,8-9H2. The third-order valence-corrected chi connectivity index (χ3v) is 2.73. The molecule has 0 bridgehead atoms.